The summed E-state index contributed by atoms with van der Waals surface area (Å²) in [7, 11) is 1.63. The molecule has 2 N–H and O–H groups in total. The van der Waals surface area contributed by atoms with Crippen LogP contribution in [0.25, 0.3) is 0 Å². The number of nitrogens with one attached hydrogen (secondary N) is 2. The summed E-state index contributed by atoms with van der Waals surface area (Å²) in [6.07, 6.45) is 0.767. The van der Waals surface area contributed by atoms with Gasteiger partial charge in [0.15, 0.2) is 0 Å². The van der Waals surface area contributed by atoms with E-state index in [9.17, 15) is 9.59 Å². The van der Waals surface area contributed by atoms with Crippen molar-refractivity contribution in [3.63, 3.8) is 0 Å². The van der Waals surface area contributed by atoms with Gasteiger partial charge in [-0.1, -0.05) is 37.3 Å². The van der Waals surface area contributed by atoms with Gasteiger partial charge in [-0.25, -0.2) is 0 Å². The number of rotatable bonds is 7. The molecule has 0 aromatic heterocycles. The Morgan fingerprint density at radius 1 is 0.828 bits per heavy atom. The number of amides is 2. The Morgan fingerprint density at radius 3 is 2.03 bits per heavy atom. The Labute approximate surface area is 170 Å². The molecule has 148 valence electrons. The van der Waals surface area contributed by atoms with Gasteiger partial charge < -0.3 is 15.4 Å². The second-order valence-electron chi connectivity index (χ2n) is 6.60. The minimum atomic E-state index is -0.187. The molecule has 5 nitrogen and oxygen atoms in total. The molecule has 0 bridgehead atoms. The number of ether oxygens (including phenoxy) is 1. The molecule has 3 rings (SSSR count). The molecule has 0 saturated heterocycles. The summed E-state index contributed by atoms with van der Waals surface area (Å²) in [5.41, 5.74) is 2.78. The highest BCUT2D eigenvalue weighted by Crippen LogP contribution is 2.21. The van der Waals surface area contributed by atoms with Gasteiger partial charge >= 0.3 is 0 Å². The molecular weight excluding hydrogens is 364 g/mol. The van der Waals surface area contributed by atoms with Crippen molar-refractivity contribution >= 4 is 17.5 Å². The highest BCUT2D eigenvalue weighted by Gasteiger charge is 2.14. The maximum atomic E-state index is 12.6. The van der Waals surface area contributed by atoms with Crippen LogP contribution >= 0.6 is 0 Å². The van der Waals surface area contributed by atoms with E-state index in [1.807, 2.05) is 49.4 Å². The molecule has 0 heterocycles. The van der Waals surface area contributed by atoms with Crippen LogP contribution in [0.3, 0.4) is 0 Å². The molecule has 3 aromatic rings. The predicted octanol–water partition coefficient (Wildman–Crippen LogP) is 4.83. The van der Waals surface area contributed by atoms with Crippen LogP contribution in [0.15, 0.2) is 78.9 Å². The zero-order valence-corrected chi connectivity index (χ0v) is 16.5. The Balaban J connectivity index is 1.63. The number of carbonyl (C=O) groups excluding carboxylic acids is 2. The summed E-state index contributed by atoms with van der Waals surface area (Å²) >= 11 is 0. The number of benzene rings is 3. The molecular formula is C24H24N2O3. The molecule has 5 heteroatoms. The SMILES string of the molecule is CCC(NC(=O)c1ccc(NC(=O)c2ccccc2)cc1)c1ccc(OC)cc1. The van der Waals surface area contributed by atoms with E-state index in [4.69, 9.17) is 4.74 Å². The third-order valence-corrected chi connectivity index (χ3v) is 4.67. The van der Waals surface area contributed by atoms with Crippen molar-refractivity contribution in [2.24, 2.45) is 0 Å². The van der Waals surface area contributed by atoms with Gasteiger partial charge in [0.1, 0.15) is 5.75 Å². The molecule has 3 aromatic carbocycles. The molecule has 0 fully saturated rings. The number of methoxy groups -OCH3 is 1. The maximum Gasteiger partial charge on any atom is 0.255 e. The second-order valence-corrected chi connectivity index (χ2v) is 6.60. The third kappa shape index (κ3) is 5.23. The largest absolute Gasteiger partial charge is 0.497 e. The maximum absolute atomic E-state index is 12.6. The summed E-state index contributed by atoms with van der Waals surface area (Å²) in [5, 5.41) is 5.89. The van der Waals surface area contributed by atoms with E-state index in [2.05, 4.69) is 10.6 Å². The average Bonchev–Trinajstić information content (AvgIpc) is 2.78. The van der Waals surface area contributed by atoms with Crippen molar-refractivity contribution in [2.45, 2.75) is 19.4 Å². The summed E-state index contributed by atoms with van der Waals surface area (Å²) in [6.45, 7) is 2.03. The Morgan fingerprint density at radius 2 is 1.45 bits per heavy atom. The minimum absolute atomic E-state index is 0.0918. The van der Waals surface area contributed by atoms with Gasteiger partial charge in [0.25, 0.3) is 11.8 Å². The Kier molecular flexibility index (Phi) is 6.63. The van der Waals surface area contributed by atoms with Crippen LogP contribution in [0.4, 0.5) is 5.69 Å². The van der Waals surface area contributed by atoms with Crippen molar-refractivity contribution in [3.8, 4) is 5.75 Å². The molecule has 0 radical (unpaired) electrons. The van der Waals surface area contributed by atoms with Crippen molar-refractivity contribution in [1.82, 2.24) is 5.32 Å². The van der Waals surface area contributed by atoms with Gasteiger partial charge in [-0.3, -0.25) is 9.59 Å². The second kappa shape index (κ2) is 9.55. The average molecular weight is 388 g/mol. The van der Waals surface area contributed by atoms with Gasteiger partial charge in [0.05, 0.1) is 13.2 Å². The molecule has 29 heavy (non-hydrogen) atoms. The van der Waals surface area contributed by atoms with Gasteiger partial charge in [-0.2, -0.15) is 0 Å². The number of hydrogen-bond acceptors (Lipinski definition) is 3. The van der Waals surface area contributed by atoms with Crippen LogP contribution in [0.5, 0.6) is 5.75 Å². The smallest absolute Gasteiger partial charge is 0.255 e. The van der Waals surface area contributed by atoms with Gasteiger partial charge in [0, 0.05) is 16.8 Å². The van der Waals surface area contributed by atoms with Gasteiger partial charge in [-0.15, -0.1) is 0 Å². The minimum Gasteiger partial charge on any atom is -0.497 e. The highest BCUT2D eigenvalue weighted by molar-refractivity contribution is 6.04. The van der Waals surface area contributed by atoms with Crippen LogP contribution in [-0.2, 0) is 0 Å². The van der Waals surface area contributed by atoms with E-state index < -0.39 is 0 Å². The van der Waals surface area contributed by atoms with E-state index in [1.54, 1.807) is 43.5 Å². The van der Waals surface area contributed by atoms with Gasteiger partial charge in [0.2, 0.25) is 0 Å². The first kappa shape index (κ1) is 20.1. The van der Waals surface area contributed by atoms with Crippen LogP contribution in [0.1, 0.15) is 45.7 Å². The summed E-state index contributed by atoms with van der Waals surface area (Å²) in [6, 6.07) is 23.4. The van der Waals surface area contributed by atoms with Crippen molar-refractivity contribution in [3.05, 3.63) is 95.6 Å². The normalized spacial score (nSPS) is 11.4. The zero-order valence-electron chi connectivity index (χ0n) is 16.5. The fourth-order valence-electron chi connectivity index (χ4n) is 3.00. The standard InChI is InChI=1S/C24H24N2O3/c1-3-22(17-11-15-21(29-2)16-12-17)26-24(28)19-9-13-20(14-10-19)25-23(27)18-7-5-4-6-8-18/h4-16,22H,3H2,1-2H3,(H,25,27)(H,26,28). The first-order valence-electron chi connectivity index (χ1n) is 9.52. The highest BCUT2D eigenvalue weighted by atomic mass is 16.5. The van der Waals surface area contributed by atoms with E-state index in [0.29, 0.717) is 16.8 Å². The first-order chi connectivity index (χ1) is 14.1. The fraction of sp³-hybridized carbons (Fsp3) is 0.167. The van der Waals surface area contributed by atoms with Crippen LogP contribution in [-0.4, -0.2) is 18.9 Å². The molecule has 2 amide bonds. The Bertz CT molecular complexity index is 952. The molecule has 0 aliphatic carbocycles. The lowest BCUT2D eigenvalue weighted by atomic mass is 10.0. The quantitative estimate of drug-likeness (QED) is 0.609. The van der Waals surface area contributed by atoms with Crippen LogP contribution in [0, 0.1) is 0 Å². The topological polar surface area (TPSA) is 67.4 Å². The first-order valence-corrected chi connectivity index (χ1v) is 9.52. The monoisotopic (exact) mass is 388 g/mol. The zero-order chi connectivity index (χ0) is 20.6. The predicted molar refractivity (Wildman–Crippen MR) is 114 cm³/mol. The molecule has 1 unspecified atom stereocenters. The van der Waals surface area contributed by atoms with Crippen molar-refractivity contribution in [2.75, 3.05) is 12.4 Å². The molecule has 1 atom stereocenters. The van der Waals surface area contributed by atoms with E-state index in [-0.39, 0.29) is 17.9 Å². The fourth-order valence-corrected chi connectivity index (χ4v) is 3.00. The lowest BCUT2D eigenvalue weighted by molar-refractivity contribution is 0.0935. The lowest BCUT2D eigenvalue weighted by Gasteiger charge is -2.18. The van der Waals surface area contributed by atoms with E-state index >= 15 is 0 Å². The number of hydrogen-bond donors (Lipinski definition) is 2. The summed E-state index contributed by atoms with van der Waals surface area (Å²) in [5.74, 6) is 0.435. The Hall–Kier alpha value is -3.60. The lowest BCUT2D eigenvalue weighted by Crippen LogP contribution is -2.28. The molecule has 0 spiro atoms. The number of anilines is 1. The van der Waals surface area contributed by atoms with E-state index in [0.717, 1.165) is 17.7 Å². The van der Waals surface area contributed by atoms with E-state index in [1.165, 1.54) is 0 Å². The van der Waals surface area contributed by atoms with Crippen LogP contribution in [0.2, 0.25) is 0 Å². The molecule has 0 saturated carbocycles. The molecule has 0 aliphatic heterocycles. The third-order valence-electron chi connectivity index (χ3n) is 4.67. The summed E-state index contributed by atoms with van der Waals surface area (Å²) in [4.78, 5) is 24.9. The van der Waals surface area contributed by atoms with Gasteiger partial charge in [-0.05, 0) is 60.5 Å². The van der Waals surface area contributed by atoms with Crippen molar-refractivity contribution in [1.29, 1.82) is 0 Å². The number of carbonyl (C=O) groups is 2. The van der Waals surface area contributed by atoms with Crippen LogP contribution < -0.4 is 15.4 Å². The summed E-state index contributed by atoms with van der Waals surface area (Å²) < 4.78 is 5.18. The van der Waals surface area contributed by atoms with Crippen molar-refractivity contribution < 1.29 is 14.3 Å². The molecule has 0 aliphatic rings.